The van der Waals surface area contributed by atoms with Crippen molar-refractivity contribution in [2.24, 2.45) is 5.10 Å². The van der Waals surface area contributed by atoms with Crippen LogP contribution >= 0.6 is 0 Å². The zero-order chi connectivity index (χ0) is 7.31. The van der Waals surface area contributed by atoms with Crippen LogP contribution in [0.25, 0.3) is 0 Å². The van der Waals surface area contributed by atoms with Gasteiger partial charge in [0.25, 0.3) is 0 Å². The zero-order valence-corrected chi connectivity index (χ0v) is 6.45. The van der Waals surface area contributed by atoms with Gasteiger partial charge in [-0.1, -0.05) is 17.3 Å². The number of hydrogen-bond donors (Lipinski definition) is 0. The van der Waals surface area contributed by atoms with Gasteiger partial charge in [-0.25, -0.2) is 0 Å². The molecule has 2 aliphatic heterocycles. The molecular weight excluding hydrogens is 136 g/mol. The van der Waals surface area contributed by atoms with E-state index in [0.717, 1.165) is 4.59 Å². The van der Waals surface area contributed by atoms with Gasteiger partial charge in [-0.3, -0.25) is 0 Å². The van der Waals surface area contributed by atoms with Crippen molar-refractivity contribution in [3.63, 3.8) is 0 Å². The molecule has 2 heteroatoms. The first-order chi connectivity index (χ1) is 5.41. The van der Waals surface area contributed by atoms with Crippen LogP contribution in [-0.2, 0) is 0 Å². The minimum atomic E-state index is 0.958. The average molecular weight is 147 g/mol. The molecule has 0 unspecified atom stereocenters. The van der Waals surface area contributed by atoms with E-state index in [4.69, 9.17) is 0 Å². The van der Waals surface area contributed by atoms with Gasteiger partial charge in [0.15, 0.2) is 13.1 Å². The lowest BCUT2D eigenvalue weighted by atomic mass is 10.0. The van der Waals surface area contributed by atoms with E-state index in [2.05, 4.69) is 17.3 Å². The Kier molecular flexibility index (Phi) is 0.853. The van der Waals surface area contributed by atoms with Crippen molar-refractivity contribution in [3.05, 3.63) is 23.4 Å². The third kappa shape index (κ3) is 0.627. The average Bonchev–Trinajstić information content (AvgIpc) is 2.72. The smallest absolute Gasteiger partial charge is 0.158 e. The summed E-state index contributed by atoms with van der Waals surface area (Å²) in [6, 6.07) is 0. The molecule has 3 aliphatic rings. The molecule has 0 saturated carbocycles. The summed E-state index contributed by atoms with van der Waals surface area (Å²) in [5.74, 6) is 0. The molecule has 0 aromatic carbocycles. The molecule has 0 bridgehead atoms. The van der Waals surface area contributed by atoms with Crippen LogP contribution in [-0.4, -0.2) is 23.9 Å². The van der Waals surface area contributed by atoms with E-state index in [-0.39, 0.29) is 0 Å². The van der Waals surface area contributed by atoms with Gasteiger partial charge in [0, 0.05) is 6.42 Å². The van der Waals surface area contributed by atoms with Crippen LogP contribution in [0.3, 0.4) is 0 Å². The summed E-state index contributed by atoms with van der Waals surface area (Å²) in [6.07, 6.45) is 8.94. The summed E-state index contributed by atoms with van der Waals surface area (Å²) in [7, 11) is 0. The molecule has 0 aromatic rings. The number of allylic oxidation sites excluding steroid dienone is 4. The molecule has 0 aromatic heterocycles. The molecule has 1 fully saturated rings. The number of rotatable bonds is 0. The van der Waals surface area contributed by atoms with E-state index < -0.39 is 0 Å². The summed E-state index contributed by atoms with van der Waals surface area (Å²) >= 11 is 0. The third-order valence-electron chi connectivity index (χ3n) is 2.75. The van der Waals surface area contributed by atoms with Crippen molar-refractivity contribution in [2.45, 2.75) is 12.8 Å². The first-order valence-electron chi connectivity index (χ1n) is 4.24. The van der Waals surface area contributed by atoms with Gasteiger partial charge < -0.3 is 0 Å². The normalized spacial score (nSPS) is 29.8. The molecule has 1 spiro atoms. The minimum absolute atomic E-state index is 0.958. The summed E-state index contributed by atoms with van der Waals surface area (Å²) < 4.78 is 0.958. The van der Waals surface area contributed by atoms with Crippen LogP contribution in [0.1, 0.15) is 12.8 Å². The zero-order valence-electron chi connectivity index (χ0n) is 6.45. The molecule has 2 nitrogen and oxygen atoms in total. The predicted molar refractivity (Wildman–Crippen MR) is 43.9 cm³/mol. The van der Waals surface area contributed by atoms with E-state index in [9.17, 15) is 0 Å². The molecule has 1 saturated heterocycles. The summed E-state index contributed by atoms with van der Waals surface area (Å²) in [5.41, 5.74) is 2.95. The van der Waals surface area contributed by atoms with Gasteiger partial charge in [-0.15, -0.1) is 0 Å². The van der Waals surface area contributed by atoms with Gasteiger partial charge in [-0.05, 0) is 6.42 Å². The highest BCUT2D eigenvalue weighted by Gasteiger charge is 2.51. The Morgan fingerprint density at radius 2 is 2.27 bits per heavy atom. The standard InChI is InChI=1S/C9H11N2/c1-2-4-9-8(3-1)7-10-11(9)5-6-11/h1,3,7H,2,4-6H2/q+1. The first kappa shape index (κ1) is 5.72. The third-order valence-corrected chi connectivity index (χ3v) is 2.75. The Morgan fingerprint density at radius 1 is 1.36 bits per heavy atom. The maximum absolute atomic E-state index is 4.51. The van der Waals surface area contributed by atoms with Crippen molar-refractivity contribution in [1.82, 2.24) is 0 Å². The van der Waals surface area contributed by atoms with Crippen LogP contribution < -0.4 is 0 Å². The maximum atomic E-state index is 4.51. The highest BCUT2D eigenvalue weighted by atomic mass is 15.7. The SMILES string of the molecule is C1=CC2=C(CC1)[N+]1(CC1)N=C2. The summed E-state index contributed by atoms with van der Waals surface area (Å²) in [5, 5.41) is 4.51. The lowest BCUT2D eigenvalue weighted by Crippen LogP contribution is -2.15. The molecule has 0 radical (unpaired) electrons. The first-order valence-corrected chi connectivity index (χ1v) is 4.24. The molecule has 0 amide bonds. The van der Waals surface area contributed by atoms with Crippen LogP contribution in [0.2, 0.25) is 0 Å². The summed E-state index contributed by atoms with van der Waals surface area (Å²) in [4.78, 5) is 0. The Balaban J connectivity index is 2.11. The molecule has 2 heterocycles. The number of nitrogens with zero attached hydrogens (tertiary/aromatic N) is 2. The lowest BCUT2D eigenvalue weighted by Gasteiger charge is -2.11. The van der Waals surface area contributed by atoms with Crippen LogP contribution in [0, 0.1) is 0 Å². The van der Waals surface area contributed by atoms with Gasteiger partial charge in [0.2, 0.25) is 0 Å². The van der Waals surface area contributed by atoms with Crippen LogP contribution in [0.5, 0.6) is 0 Å². The van der Waals surface area contributed by atoms with Crippen molar-refractivity contribution in [1.29, 1.82) is 0 Å². The second-order valence-corrected chi connectivity index (χ2v) is 3.46. The quantitative estimate of drug-likeness (QED) is 0.363. The molecule has 11 heavy (non-hydrogen) atoms. The Morgan fingerprint density at radius 3 is 3.09 bits per heavy atom. The van der Waals surface area contributed by atoms with E-state index >= 15 is 0 Å². The maximum Gasteiger partial charge on any atom is 0.160 e. The lowest BCUT2D eigenvalue weighted by molar-refractivity contribution is -0.763. The Hall–Kier alpha value is -0.890. The predicted octanol–water partition coefficient (Wildman–Crippen LogP) is 1.42. The van der Waals surface area contributed by atoms with Gasteiger partial charge >= 0.3 is 0 Å². The van der Waals surface area contributed by atoms with E-state index in [0.29, 0.717) is 0 Å². The second-order valence-electron chi connectivity index (χ2n) is 3.46. The molecular formula is C9H11N2+. The fraction of sp³-hybridized carbons (Fsp3) is 0.444. The van der Waals surface area contributed by atoms with Crippen LogP contribution in [0.15, 0.2) is 28.5 Å². The molecule has 3 rings (SSSR count). The number of quaternary nitrogens is 1. The summed E-state index contributed by atoms with van der Waals surface area (Å²) in [6.45, 7) is 2.48. The fourth-order valence-electron chi connectivity index (χ4n) is 1.96. The van der Waals surface area contributed by atoms with Crippen LogP contribution in [0.4, 0.5) is 0 Å². The van der Waals surface area contributed by atoms with Crippen molar-refractivity contribution >= 4 is 6.21 Å². The topological polar surface area (TPSA) is 12.4 Å². The van der Waals surface area contributed by atoms with Gasteiger partial charge in [0.1, 0.15) is 5.70 Å². The molecule has 1 aliphatic carbocycles. The highest BCUT2D eigenvalue weighted by Crippen LogP contribution is 2.40. The van der Waals surface area contributed by atoms with Crippen molar-refractivity contribution in [3.8, 4) is 0 Å². The van der Waals surface area contributed by atoms with Gasteiger partial charge in [0.05, 0.1) is 11.8 Å². The number of hydrogen-bond acceptors (Lipinski definition) is 1. The Bertz CT molecular complexity index is 293. The largest absolute Gasteiger partial charge is 0.160 e. The highest BCUT2D eigenvalue weighted by molar-refractivity contribution is 5.84. The second kappa shape index (κ2) is 1.64. The monoisotopic (exact) mass is 147 g/mol. The van der Waals surface area contributed by atoms with E-state index in [1.165, 1.54) is 31.5 Å². The molecule has 56 valence electrons. The molecule has 0 atom stereocenters. The van der Waals surface area contributed by atoms with Crippen molar-refractivity contribution in [2.75, 3.05) is 13.1 Å². The Labute approximate surface area is 66.1 Å². The van der Waals surface area contributed by atoms with Crippen molar-refractivity contribution < 1.29 is 4.59 Å². The fourth-order valence-corrected chi connectivity index (χ4v) is 1.96. The minimum Gasteiger partial charge on any atom is -0.158 e. The number of fused-ring (bicyclic) bond motifs is 1. The van der Waals surface area contributed by atoms with E-state index in [1.54, 1.807) is 5.70 Å². The molecule has 0 N–H and O–H groups in total. The van der Waals surface area contributed by atoms with Gasteiger partial charge in [-0.2, -0.15) is 4.59 Å². The van der Waals surface area contributed by atoms with E-state index in [1.807, 2.05) is 6.21 Å².